The summed E-state index contributed by atoms with van der Waals surface area (Å²) in [4.78, 5) is 0. The summed E-state index contributed by atoms with van der Waals surface area (Å²) in [5.74, 6) is 0.949. The van der Waals surface area contributed by atoms with Gasteiger partial charge >= 0.3 is 0 Å². The quantitative estimate of drug-likeness (QED) is 0.768. The molecule has 0 bridgehead atoms. The van der Waals surface area contributed by atoms with Gasteiger partial charge in [0.2, 0.25) is 0 Å². The molecule has 1 fully saturated rings. The third-order valence-electron chi connectivity index (χ3n) is 4.60. The lowest BCUT2D eigenvalue weighted by Gasteiger charge is -2.22. The summed E-state index contributed by atoms with van der Waals surface area (Å²) in [6, 6.07) is 9.67. The number of hydrogen-bond donors (Lipinski definition) is 1. The molecule has 0 aromatic heterocycles. The van der Waals surface area contributed by atoms with Gasteiger partial charge in [-0.05, 0) is 38.3 Å². The fourth-order valence-corrected chi connectivity index (χ4v) is 3.31. The molecule has 2 rings (SSSR count). The Balaban J connectivity index is 1.86. The highest BCUT2D eigenvalue weighted by Gasteiger charge is 2.17. The van der Waals surface area contributed by atoms with Gasteiger partial charge in [-0.3, -0.25) is 0 Å². The maximum absolute atomic E-state index is 3.53. The van der Waals surface area contributed by atoms with Gasteiger partial charge in [-0.1, -0.05) is 68.4 Å². The summed E-state index contributed by atoms with van der Waals surface area (Å²) in [7, 11) is 2.12. The summed E-state index contributed by atoms with van der Waals surface area (Å²) in [5, 5.41) is 3.53. The van der Waals surface area contributed by atoms with Gasteiger partial charge in [0.1, 0.15) is 0 Å². The highest BCUT2D eigenvalue weighted by Crippen LogP contribution is 2.27. The lowest BCUT2D eigenvalue weighted by molar-refractivity contribution is 0.361. The molecule has 1 aliphatic rings. The number of aryl methyl sites for hydroxylation is 1. The lowest BCUT2D eigenvalue weighted by Crippen LogP contribution is -2.30. The van der Waals surface area contributed by atoms with Crippen LogP contribution in [0.3, 0.4) is 0 Å². The van der Waals surface area contributed by atoms with Gasteiger partial charge in [0.25, 0.3) is 0 Å². The zero-order valence-corrected chi connectivity index (χ0v) is 12.6. The SMILES string of the molecule is CNC(Cc1ccc(C)cc1)CC1CCCCCC1. The molecule has 0 spiro atoms. The van der Waals surface area contributed by atoms with Crippen molar-refractivity contribution >= 4 is 0 Å². The molecule has 1 aromatic rings. The Hall–Kier alpha value is -0.820. The minimum Gasteiger partial charge on any atom is -0.317 e. The van der Waals surface area contributed by atoms with E-state index in [0.717, 1.165) is 5.92 Å². The number of rotatable bonds is 5. The normalized spacial score (nSPS) is 19.1. The minimum absolute atomic E-state index is 0.644. The van der Waals surface area contributed by atoms with Crippen molar-refractivity contribution in [2.24, 2.45) is 5.92 Å². The van der Waals surface area contributed by atoms with Crippen LogP contribution in [0.1, 0.15) is 56.1 Å². The van der Waals surface area contributed by atoms with Gasteiger partial charge in [-0.25, -0.2) is 0 Å². The molecule has 0 aliphatic heterocycles. The number of hydrogen-bond acceptors (Lipinski definition) is 1. The van der Waals surface area contributed by atoms with Gasteiger partial charge < -0.3 is 5.32 Å². The van der Waals surface area contributed by atoms with E-state index in [1.807, 2.05) is 0 Å². The Morgan fingerprint density at radius 1 is 1.05 bits per heavy atom. The maximum Gasteiger partial charge on any atom is 0.0107 e. The monoisotopic (exact) mass is 259 g/mol. The van der Waals surface area contributed by atoms with E-state index in [-0.39, 0.29) is 0 Å². The van der Waals surface area contributed by atoms with Crippen molar-refractivity contribution in [1.82, 2.24) is 5.32 Å². The van der Waals surface area contributed by atoms with E-state index in [0.29, 0.717) is 6.04 Å². The molecule has 106 valence electrons. The Kier molecular flexibility index (Phi) is 5.91. The third-order valence-corrected chi connectivity index (χ3v) is 4.60. The summed E-state index contributed by atoms with van der Waals surface area (Å²) in [5.41, 5.74) is 2.83. The number of likely N-dealkylation sites (N-methyl/N-ethyl adjacent to an activating group) is 1. The van der Waals surface area contributed by atoms with Crippen LogP contribution in [0, 0.1) is 12.8 Å². The van der Waals surface area contributed by atoms with Gasteiger partial charge in [0.15, 0.2) is 0 Å². The minimum atomic E-state index is 0.644. The van der Waals surface area contributed by atoms with E-state index in [4.69, 9.17) is 0 Å². The lowest BCUT2D eigenvalue weighted by atomic mass is 9.90. The molecular weight excluding hydrogens is 230 g/mol. The fourth-order valence-electron chi connectivity index (χ4n) is 3.31. The summed E-state index contributed by atoms with van der Waals surface area (Å²) in [6.45, 7) is 2.16. The second-order valence-corrected chi connectivity index (χ2v) is 6.27. The second kappa shape index (κ2) is 7.69. The summed E-state index contributed by atoms with van der Waals surface area (Å²) >= 11 is 0. The topological polar surface area (TPSA) is 12.0 Å². The molecule has 1 atom stereocenters. The van der Waals surface area contributed by atoms with E-state index in [1.165, 1.54) is 62.5 Å². The van der Waals surface area contributed by atoms with Crippen molar-refractivity contribution < 1.29 is 0 Å². The smallest absolute Gasteiger partial charge is 0.0107 e. The van der Waals surface area contributed by atoms with Crippen molar-refractivity contribution in [3.63, 3.8) is 0 Å². The summed E-state index contributed by atoms with van der Waals surface area (Å²) < 4.78 is 0. The molecule has 1 heteroatoms. The molecule has 1 unspecified atom stereocenters. The van der Waals surface area contributed by atoms with Crippen LogP contribution in [-0.2, 0) is 6.42 Å². The molecule has 19 heavy (non-hydrogen) atoms. The van der Waals surface area contributed by atoms with Crippen molar-refractivity contribution in [2.45, 2.75) is 64.3 Å². The molecule has 0 radical (unpaired) electrons. The first-order valence-corrected chi connectivity index (χ1v) is 8.00. The van der Waals surface area contributed by atoms with Gasteiger partial charge in [-0.15, -0.1) is 0 Å². The first-order valence-electron chi connectivity index (χ1n) is 8.00. The van der Waals surface area contributed by atoms with Crippen molar-refractivity contribution in [3.05, 3.63) is 35.4 Å². The molecular formula is C18H29N. The highest BCUT2D eigenvalue weighted by atomic mass is 14.9. The molecule has 1 N–H and O–H groups in total. The van der Waals surface area contributed by atoms with Crippen molar-refractivity contribution in [3.8, 4) is 0 Å². The van der Waals surface area contributed by atoms with Crippen LogP contribution >= 0.6 is 0 Å². The summed E-state index contributed by atoms with van der Waals surface area (Å²) in [6.07, 6.45) is 11.2. The van der Waals surface area contributed by atoms with Crippen LogP contribution in [0.4, 0.5) is 0 Å². The van der Waals surface area contributed by atoms with E-state index in [2.05, 4.69) is 43.6 Å². The van der Waals surface area contributed by atoms with Crippen molar-refractivity contribution in [2.75, 3.05) is 7.05 Å². The van der Waals surface area contributed by atoms with Gasteiger partial charge in [0.05, 0.1) is 0 Å². The first kappa shape index (κ1) is 14.6. The molecule has 1 aromatic carbocycles. The van der Waals surface area contributed by atoms with Crippen LogP contribution in [0.2, 0.25) is 0 Å². The standard InChI is InChI=1S/C18H29N/c1-15-9-11-17(12-10-15)14-18(19-2)13-16-7-5-3-4-6-8-16/h9-12,16,18-19H,3-8,13-14H2,1-2H3. The molecule has 0 saturated heterocycles. The van der Waals surface area contributed by atoms with Crippen molar-refractivity contribution in [1.29, 1.82) is 0 Å². The second-order valence-electron chi connectivity index (χ2n) is 6.27. The van der Waals surface area contributed by atoms with E-state index in [1.54, 1.807) is 0 Å². The predicted molar refractivity (Wildman–Crippen MR) is 83.5 cm³/mol. The average molecular weight is 259 g/mol. The van der Waals surface area contributed by atoms with Crippen LogP contribution in [0.15, 0.2) is 24.3 Å². The Morgan fingerprint density at radius 3 is 2.26 bits per heavy atom. The molecule has 0 heterocycles. The molecule has 0 amide bonds. The van der Waals surface area contributed by atoms with E-state index < -0.39 is 0 Å². The van der Waals surface area contributed by atoms with Gasteiger partial charge in [0, 0.05) is 6.04 Å². The number of benzene rings is 1. The van der Waals surface area contributed by atoms with E-state index >= 15 is 0 Å². The molecule has 1 saturated carbocycles. The Morgan fingerprint density at radius 2 is 1.68 bits per heavy atom. The molecule has 1 nitrogen and oxygen atoms in total. The maximum atomic E-state index is 3.53. The average Bonchev–Trinajstić information content (AvgIpc) is 2.69. The first-order chi connectivity index (χ1) is 9.28. The van der Waals surface area contributed by atoms with Crippen LogP contribution < -0.4 is 5.32 Å². The van der Waals surface area contributed by atoms with E-state index in [9.17, 15) is 0 Å². The predicted octanol–water partition coefficient (Wildman–Crippen LogP) is 4.49. The zero-order chi connectivity index (χ0) is 13.5. The van der Waals surface area contributed by atoms with Crippen LogP contribution in [0.5, 0.6) is 0 Å². The molecule has 1 aliphatic carbocycles. The largest absolute Gasteiger partial charge is 0.317 e. The Bertz CT molecular complexity index is 346. The Labute approximate surface area is 118 Å². The number of nitrogens with one attached hydrogen (secondary N) is 1. The zero-order valence-electron chi connectivity index (χ0n) is 12.6. The van der Waals surface area contributed by atoms with Gasteiger partial charge in [-0.2, -0.15) is 0 Å². The van der Waals surface area contributed by atoms with Crippen LogP contribution in [0.25, 0.3) is 0 Å². The fraction of sp³-hybridized carbons (Fsp3) is 0.667. The highest BCUT2D eigenvalue weighted by molar-refractivity contribution is 5.22. The third kappa shape index (κ3) is 4.99. The van der Waals surface area contributed by atoms with Crippen LogP contribution in [-0.4, -0.2) is 13.1 Å².